The van der Waals surface area contributed by atoms with Gasteiger partial charge >= 0.3 is 6.03 Å². The number of amides is 2. The van der Waals surface area contributed by atoms with Gasteiger partial charge < -0.3 is 9.64 Å². The van der Waals surface area contributed by atoms with E-state index >= 15 is 4.79 Å². The van der Waals surface area contributed by atoms with Gasteiger partial charge in [-0.25, -0.2) is 13.2 Å². The molecule has 9 nitrogen and oxygen atoms in total. The van der Waals surface area contributed by atoms with E-state index in [0.29, 0.717) is 72.8 Å². The second-order valence-corrected chi connectivity index (χ2v) is 17.7. The van der Waals surface area contributed by atoms with E-state index < -0.39 is 26.3 Å². The number of halogens is 2. The highest BCUT2D eigenvalue weighted by Crippen LogP contribution is 2.54. The van der Waals surface area contributed by atoms with E-state index in [-0.39, 0.29) is 23.6 Å². The molecule has 0 aromatic heterocycles. The monoisotopic (exact) mass is 749 g/mol. The summed E-state index contributed by atoms with van der Waals surface area (Å²) in [5, 5.41) is 11.1. The lowest BCUT2D eigenvalue weighted by atomic mass is 9.71. The van der Waals surface area contributed by atoms with Crippen LogP contribution in [0.4, 0.5) is 4.79 Å². The number of carbonyl (C=O) groups is 1. The van der Waals surface area contributed by atoms with E-state index in [0.717, 1.165) is 16.7 Å². The molecule has 51 heavy (non-hydrogen) atoms. The van der Waals surface area contributed by atoms with Crippen LogP contribution in [-0.2, 0) is 26.3 Å². The molecule has 0 unspecified atom stereocenters. The van der Waals surface area contributed by atoms with Gasteiger partial charge in [-0.05, 0) is 101 Å². The molecular weight excluding hydrogens is 705 g/mol. The Morgan fingerprint density at radius 2 is 1.51 bits per heavy atom. The molecule has 2 amide bonds. The zero-order chi connectivity index (χ0) is 36.8. The van der Waals surface area contributed by atoms with Crippen molar-refractivity contribution in [2.24, 2.45) is 4.99 Å². The Bertz CT molecular complexity index is 1960. The topological polar surface area (TPSA) is 106 Å². The molecule has 0 bridgehead atoms. The molecule has 3 aromatic carbocycles. The van der Waals surface area contributed by atoms with Gasteiger partial charge in [0.25, 0.3) is 0 Å². The average Bonchev–Trinajstić information content (AvgIpc) is 3.36. The lowest BCUT2D eigenvalue weighted by Gasteiger charge is -2.48. The van der Waals surface area contributed by atoms with Crippen LogP contribution in [0.15, 0.2) is 71.7 Å². The number of hydrogen-bond acceptors (Lipinski definition) is 7. The number of sulfone groups is 1. The predicted octanol–water partition coefficient (Wildman–Crippen LogP) is 7.40. The zero-order valence-electron chi connectivity index (χ0n) is 29.8. The van der Waals surface area contributed by atoms with Crippen molar-refractivity contribution in [2.75, 3.05) is 44.3 Å². The second-order valence-electron chi connectivity index (χ2n) is 14.5. The van der Waals surface area contributed by atoms with Crippen molar-refractivity contribution >= 4 is 44.9 Å². The van der Waals surface area contributed by atoms with Crippen LogP contribution in [0.25, 0.3) is 0 Å². The molecule has 3 aliphatic rings. The van der Waals surface area contributed by atoms with Crippen molar-refractivity contribution in [1.82, 2.24) is 14.7 Å². The molecule has 270 valence electrons. The first-order valence-electron chi connectivity index (χ1n) is 17.5. The van der Waals surface area contributed by atoms with Crippen LogP contribution in [-0.4, -0.2) is 85.3 Å². The first-order chi connectivity index (χ1) is 24.1. The Morgan fingerprint density at radius 1 is 0.941 bits per heavy atom. The molecule has 3 aliphatic heterocycles. The Hall–Kier alpha value is -3.62. The Kier molecular flexibility index (Phi) is 10.3. The summed E-state index contributed by atoms with van der Waals surface area (Å²) >= 11 is 12.8. The number of nitrogens with zero attached hydrogens (tertiary/aromatic N) is 5. The lowest BCUT2D eigenvalue weighted by molar-refractivity contribution is 0.0720. The fourth-order valence-corrected chi connectivity index (χ4v) is 9.38. The molecule has 0 N–H and O–H groups in total. The molecule has 3 heterocycles. The maximum Gasteiger partial charge on any atom is 0.326 e. The van der Waals surface area contributed by atoms with Crippen molar-refractivity contribution < 1.29 is 17.9 Å². The third kappa shape index (κ3) is 6.86. The molecular formula is C39H45Cl2N5O4S. The van der Waals surface area contributed by atoms with Crippen LogP contribution in [0.2, 0.25) is 10.0 Å². The molecule has 0 spiro atoms. The van der Waals surface area contributed by atoms with E-state index in [1.807, 2.05) is 111 Å². The van der Waals surface area contributed by atoms with Gasteiger partial charge in [-0.15, -0.1) is 0 Å². The number of ether oxygens (including phenoxy) is 1. The number of nitriles is 1. The summed E-state index contributed by atoms with van der Waals surface area (Å²) in [5.74, 6) is 1.41. The average molecular weight is 751 g/mol. The van der Waals surface area contributed by atoms with Gasteiger partial charge in [-0.3, -0.25) is 14.8 Å². The minimum Gasteiger partial charge on any atom is -0.493 e. The SMILES string of the molecule is CCOc1cc(C(C)(C)C#N)ccc1C1=N[C@@](C)(c2ccc(Cl)cc2)[C@@](C)(c2ccc(Cl)cc2)N1C(=O)N1CCN(C2CCS(=O)(=O)CC2)CC1. The minimum atomic E-state index is -2.97. The van der Waals surface area contributed by atoms with Gasteiger partial charge in [-0.1, -0.05) is 53.5 Å². The normalized spacial score (nSPS) is 24.2. The quantitative estimate of drug-likeness (QED) is 0.249. The first-order valence-corrected chi connectivity index (χ1v) is 20.1. The maximum atomic E-state index is 15.3. The van der Waals surface area contributed by atoms with Crippen molar-refractivity contribution in [1.29, 1.82) is 5.26 Å². The molecule has 0 radical (unpaired) electrons. The van der Waals surface area contributed by atoms with E-state index in [2.05, 4.69) is 11.0 Å². The summed E-state index contributed by atoms with van der Waals surface area (Å²) in [6.45, 7) is 12.3. The van der Waals surface area contributed by atoms with E-state index in [4.69, 9.17) is 32.9 Å². The third-order valence-corrected chi connectivity index (χ3v) is 13.3. The van der Waals surface area contributed by atoms with Crippen LogP contribution in [0, 0.1) is 11.3 Å². The van der Waals surface area contributed by atoms with Crippen LogP contribution in [0.5, 0.6) is 5.75 Å². The minimum absolute atomic E-state index is 0.187. The second kappa shape index (κ2) is 14.1. The van der Waals surface area contributed by atoms with Crippen LogP contribution in [0.1, 0.15) is 69.7 Å². The van der Waals surface area contributed by atoms with E-state index in [1.165, 1.54) is 0 Å². The zero-order valence-corrected chi connectivity index (χ0v) is 32.2. The largest absolute Gasteiger partial charge is 0.493 e. The van der Waals surface area contributed by atoms with Gasteiger partial charge in [-0.2, -0.15) is 5.26 Å². The number of carbonyl (C=O) groups excluding carboxylic acids is 1. The van der Waals surface area contributed by atoms with Gasteiger partial charge in [0.05, 0.1) is 35.2 Å². The fourth-order valence-electron chi connectivity index (χ4n) is 7.67. The van der Waals surface area contributed by atoms with Gasteiger partial charge in [0, 0.05) is 42.3 Å². The highest BCUT2D eigenvalue weighted by Gasteiger charge is 2.60. The number of rotatable bonds is 7. The fraction of sp³-hybridized carbons (Fsp3) is 0.462. The molecule has 3 aromatic rings. The molecule has 0 saturated carbocycles. The first kappa shape index (κ1) is 37.1. The molecule has 0 aliphatic carbocycles. The summed E-state index contributed by atoms with van der Waals surface area (Å²) < 4.78 is 30.5. The van der Waals surface area contributed by atoms with Gasteiger partial charge in [0.2, 0.25) is 0 Å². The number of benzene rings is 3. The lowest BCUT2D eigenvalue weighted by Crippen LogP contribution is -2.61. The van der Waals surface area contributed by atoms with Crippen molar-refractivity contribution in [3.63, 3.8) is 0 Å². The van der Waals surface area contributed by atoms with Crippen molar-refractivity contribution in [3.8, 4) is 11.8 Å². The number of amidine groups is 1. The van der Waals surface area contributed by atoms with Crippen LogP contribution >= 0.6 is 23.2 Å². The van der Waals surface area contributed by atoms with Crippen molar-refractivity contribution in [2.45, 2.75) is 70.0 Å². The summed E-state index contributed by atoms with van der Waals surface area (Å²) in [4.78, 5) is 26.8. The van der Waals surface area contributed by atoms with E-state index in [9.17, 15) is 13.7 Å². The standard InChI is InChI=1S/C39H45Cl2N5O4S/c1-6-50-34-25-29(37(2,3)26-42)11-16-33(34)35-43-38(4,27-7-12-30(40)13-8-27)39(5,28-9-14-31(41)15-10-28)46(35)36(47)45-21-19-44(20-22-45)32-17-23-51(48,49)24-18-32/h7-16,25,32H,6,17-24H2,1-5H3/t38-,39+/m0/s1. The Morgan fingerprint density at radius 3 is 2.06 bits per heavy atom. The highest BCUT2D eigenvalue weighted by molar-refractivity contribution is 7.91. The Balaban J connectivity index is 1.48. The summed E-state index contributed by atoms with van der Waals surface area (Å²) in [7, 11) is -2.97. The van der Waals surface area contributed by atoms with Crippen LogP contribution < -0.4 is 4.74 Å². The third-order valence-electron chi connectivity index (χ3n) is 11.1. The summed E-state index contributed by atoms with van der Waals surface area (Å²) in [5.41, 5.74) is 0.326. The Labute approximate surface area is 311 Å². The predicted molar refractivity (Wildman–Crippen MR) is 202 cm³/mol. The molecule has 2 fully saturated rings. The molecule has 12 heteroatoms. The van der Waals surface area contributed by atoms with Gasteiger partial charge in [0.15, 0.2) is 0 Å². The molecule has 2 saturated heterocycles. The molecule has 6 rings (SSSR count). The number of piperazine rings is 1. The maximum absolute atomic E-state index is 15.3. The number of urea groups is 1. The van der Waals surface area contributed by atoms with Gasteiger partial charge in [0.1, 0.15) is 32.5 Å². The summed E-state index contributed by atoms with van der Waals surface area (Å²) in [6, 6.07) is 23.2. The molecule has 2 atom stereocenters. The smallest absolute Gasteiger partial charge is 0.326 e. The van der Waals surface area contributed by atoms with Crippen LogP contribution in [0.3, 0.4) is 0 Å². The summed E-state index contributed by atoms with van der Waals surface area (Å²) in [6.07, 6.45) is 1.23. The highest BCUT2D eigenvalue weighted by atomic mass is 35.5. The number of aliphatic imine (C=N–C) groups is 1. The van der Waals surface area contributed by atoms with E-state index in [1.54, 1.807) is 0 Å². The number of hydrogen-bond donors (Lipinski definition) is 0. The van der Waals surface area contributed by atoms with Crippen molar-refractivity contribution in [3.05, 3.63) is 99.0 Å².